The SMILES string of the molecule is CC(C)Cn1c(=O)sn(CCN(C)CC(=O)O)c1=O. The molecule has 0 atom stereocenters. The fourth-order valence-corrected chi connectivity index (χ4v) is 2.42. The lowest BCUT2D eigenvalue weighted by atomic mass is 10.2. The molecule has 1 aromatic rings. The van der Waals surface area contributed by atoms with Crippen LogP contribution in [0.3, 0.4) is 0 Å². The van der Waals surface area contributed by atoms with Crippen LogP contribution in [0.2, 0.25) is 0 Å². The number of carbonyl (C=O) groups is 1. The summed E-state index contributed by atoms with van der Waals surface area (Å²) in [6.07, 6.45) is 0. The summed E-state index contributed by atoms with van der Waals surface area (Å²) in [5.41, 5.74) is -0.313. The molecule has 0 unspecified atom stereocenters. The van der Waals surface area contributed by atoms with E-state index in [9.17, 15) is 14.4 Å². The van der Waals surface area contributed by atoms with Crippen LogP contribution >= 0.6 is 11.5 Å². The maximum Gasteiger partial charge on any atom is 0.341 e. The predicted octanol–water partition coefficient (Wildman–Crippen LogP) is -0.256. The fourth-order valence-electron chi connectivity index (χ4n) is 1.63. The van der Waals surface area contributed by atoms with Gasteiger partial charge in [0, 0.05) is 24.6 Å². The number of aromatic nitrogens is 2. The summed E-state index contributed by atoms with van der Waals surface area (Å²) in [6.45, 7) is 4.94. The molecule has 1 aromatic heterocycles. The van der Waals surface area contributed by atoms with Crippen molar-refractivity contribution in [3.8, 4) is 0 Å². The van der Waals surface area contributed by atoms with Gasteiger partial charge < -0.3 is 5.11 Å². The molecule has 8 heteroatoms. The van der Waals surface area contributed by atoms with Crippen LogP contribution in [0.15, 0.2) is 9.59 Å². The van der Waals surface area contributed by atoms with Crippen molar-refractivity contribution in [1.29, 1.82) is 0 Å². The molecule has 0 saturated carbocycles. The molecule has 0 amide bonds. The molecular weight excluding hydrogens is 270 g/mol. The van der Waals surface area contributed by atoms with E-state index < -0.39 is 5.97 Å². The van der Waals surface area contributed by atoms with Crippen LogP contribution in [0.4, 0.5) is 0 Å². The van der Waals surface area contributed by atoms with Gasteiger partial charge >= 0.3 is 16.5 Å². The Balaban J connectivity index is 2.73. The molecule has 19 heavy (non-hydrogen) atoms. The third-order valence-corrected chi connectivity index (χ3v) is 3.43. The van der Waals surface area contributed by atoms with Gasteiger partial charge in [0.05, 0.1) is 13.1 Å². The summed E-state index contributed by atoms with van der Waals surface area (Å²) >= 11 is 0.881. The van der Waals surface area contributed by atoms with Gasteiger partial charge in [0.25, 0.3) is 0 Å². The molecule has 0 aliphatic heterocycles. The highest BCUT2D eigenvalue weighted by Gasteiger charge is 2.12. The first-order valence-corrected chi connectivity index (χ1v) is 6.80. The molecule has 0 fully saturated rings. The van der Waals surface area contributed by atoms with Gasteiger partial charge in [-0.2, -0.15) is 0 Å². The van der Waals surface area contributed by atoms with E-state index in [1.165, 1.54) is 8.52 Å². The van der Waals surface area contributed by atoms with Gasteiger partial charge in [0.1, 0.15) is 0 Å². The van der Waals surface area contributed by atoms with Gasteiger partial charge in [0.15, 0.2) is 0 Å². The molecule has 0 bridgehead atoms. The Bertz CT molecular complexity index is 543. The zero-order valence-corrected chi connectivity index (χ0v) is 12.1. The number of carboxylic acid groups (broad SMARTS) is 1. The van der Waals surface area contributed by atoms with Gasteiger partial charge in [-0.15, -0.1) is 0 Å². The van der Waals surface area contributed by atoms with E-state index in [1.807, 2.05) is 13.8 Å². The maximum atomic E-state index is 12.0. The Morgan fingerprint density at radius 3 is 2.58 bits per heavy atom. The second-order valence-electron chi connectivity index (χ2n) is 4.88. The Labute approximate surface area is 114 Å². The summed E-state index contributed by atoms with van der Waals surface area (Å²) in [5.74, 6) is -0.691. The minimum atomic E-state index is -0.916. The number of aliphatic carboxylic acids is 1. The molecule has 1 heterocycles. The second kappa shape index (κ2) is 6.67. The van der Waals surface area contributed by atoms with Crippen LogP contribution in [-0.4, -0.2) is 44.6 Å². The van der Waals surface area contributed by atoms with Gasteiger partial charge in [-0.1, -0.05) is 13.8 Å². The third-order valence-electron chi connectivity index (χ3n) is 2.49. The summed E-state index contributed by atoms with van der Waals surface area (Å²) < 4.78 is 2.61. The Kier molecular flexibility index (Phi) is 5.49. The number of hydrogen-bond donors (Lipinski definition) is 1. The van der Waals surface area contributed by atoms with Gasteiger partial charge in [-0.25, -0.2) is 13.3 Å². The highest BCUT2D eigenvalue weighted by molar-refractivity contribution is 7.03. The lowest BCUT2D eigenvalue weighted by Gasteiger charge is -2.12. The first-order chi connectivity index (χ1) is 8.81. The quantitative estimate of drug-likeness (QED) is 0.748. The Morgan fingerprint density at radius 2 is 2.05 bits per heavy atom. The molecule has 7 nitrogen and oxygen atoms in total. The zero-order valence-electron chi connectivity index (χ0n) is 11.3. The standard InChI is InChI=1S/C11H19N3O4S/c1-8(2)6-13-10(17)14(19-11(13)18)5-4-12(3)7-9(15)16/h8H,4-7H2,1-3H3,(H,15,16). The van der Waals surface area contributed by atoms with Crippen molar-refractivity contribution < 1.29 is 9.90 Å². The van der Waals surface area contributed by atoms with E-state index in [0.717, 1.165) is 11.5 Å². The Morgan fingerprint density at radius 1 is 1.42 bits per heavy atom. The van der Waals surface area contributed by atoms with E-state index in [-0.39, 0.29) is 23.0 Å². The van der Waals surface area contributed by atoms with Gasteiger partial charge in [0.2, 0.25) is 0 Å². The molecule has 0 radical (unpaired) electrons. The lowest BCUT2D eigenvalue weighted by Crippen LogP contribution is -2.33. The minimum absolute atomic E-state index is 0.0870. The van der Waals surface area contributed by atoms with Gasteiger partial charge in [-0.05, 0) is 13.0 Å². The van der Waals surface area contributed by atoms with Crippen molar-refractivity contribution in [2.24, 2.45) is 5.92 Å². The van der Waals surface area contributed by atoms with Gasteiger partial charge in [-0.3, -0.25) is 14.5 Å². The van der Waals surface area contributed by atoms with Crippen LogP contribution < -0.4 is 10.6 Å². The van der Waals surface area contributed by atoms with Crippen LogP contribution in [-0.2, 0) is 17.9 Å². The van der Waals surface area contributed by atoms with Crippen molar-refractivity contribution in [2.45, 2.75) is 26.9 Å². The molecule has 0 aliphatic carbocycles. The van der Waals surface area contributed by atoms with E-state index in [4.69, 9.17) is 5.11 Å². The monoisotopic (exact) mass is 289 g/mol. The minimum Gasteiger partial charge on any atom is -0.480 e. The first kappa shape index (κ1) is 15.6. The van der Waals surface area contributed by atoms with Crippen molar-refractivity contribution in [2.75, 3.05) is 20.1 Å². The lowest BCUT2D eigenvalue weighted by molar-refractivity contribution is -0.138. The number of nitrogens with zero attached hydrogens (tertiary/aromatic N) is 3. The third kappa shape index (κ3) is 4.64. The topological polar surface area (TPSA) is 84.5 Å². The number of rotatable bonds is 7. The highest BCUT2D eigenvalue weighted by Crippen LogP contribution is 1.96. The summed E-state index contributed by atoms with van der Waals surface area (Å²) in [7, 11) is 1.66. The van der Waals surface area contributed by atoms with Crippen LogP contribution in [0.5, 0.6) is 0 Å². The van der Waals surface area contributed by atoms with E-state index in [2.05, 4.69) is 0 Å². The molecule has 0 aliphatic rings. The average Bonchev–Trinajstić information content (AvgIpc) is 2.52. The summed E-state index contributed by atoms with van der Waals surface area (Å²) in [5, 5.41) is 8.62. The van der Waals surface area contributed by atoms with Crippen molar-refractivity contribution in [3.05, 3.63) is 20.2 Å². The van der Waals surface area contributed by atoms with E-state index in [0.29, 0.717) is 19.6 Å². The summed E-state index contributed by atoms with van der Waals surface area (Å²) in [4.78, 5) is 35.5. The molecule has 1 N–H and O–H groups in total. The van der Waals surface area contributed by atoms with Crippen LogP contribution in [0, 0.1) is 5.92 Å². The second-order valence-corrected chi connectivity index (χ2v) is 5.85. The number of hydrogen-bond acceptors (Lipinski definition) is 5. The maximum absolute atomic E-state index is 12.0. The predicted molar refractivity (Wildman–Crippen MR) is 72.8 cm³/mol. The largest absolute Gasteiger partial charge is 0.480 e. The van der Waals surface area contributed by atoms with Crippen molar-refractivity contribution in [3.63, 3.8) is 0 Å². The molecule has 0 spiro atoms. The smallest absolute Gasteiger partial charge is 0.341 e. The van der Waals surface area contributed by atoms with E-state index in [1.54, 1.807) is 11.9 Å². The normalized spacial score (nSPS) is 11.4. The average molecular weight is 289 g/mol. The molecular formula is C11H19N3O4S. The first-order valence-electron chi connectivity index (χ1n) is 6.02. The molecule has 108 valence electrons. The zero-order chi connectivity index (χ0) is 14.6. The van der Waals surface area contributed by atoms with Crippen LogP contribution in [0.25, 0.3) is 0 Å². The number of likely N-dealkylation sites (N-methyl/N-ethyl adjacent to an activating group) is 1. The molecule has 1 rings (SSSR count). The summed E-state index contributed by atoms with van der Waals surface area (Å²) in [6, 6.07) is 0. The van der Waals surface area contributed by atoms with Crippen LogP contribution in [0.1, 0.15) is 13.8 Å². The molecule has 0 aromatic carbocycles. The Hall–Kier alpha value is -1.41. The van der Waals surface area contributed by atoms with Crippen molar-refractivity contribution >= 4 is 17.5 Å². The highest BCUT2D eigenvalue weighted by atomic mass is 32.1. The van der Waals surface area contributed by atoms with Crippen molar-refractivity contribution in [1.82, 2.24) is 13.4 Å². The fraction of sp³-hybridized carbons (Fsp3) is 0.727. The number of carboxylic acids is 1. The molecule has 0 saturated heterocycles. The van der Waals surface area contributed by atoms with E-state index >= 15 is 0 Å².